The Bertz CT molecular complexity index is 644. The van der Waals surface area contributed by atoms with Gasteiger partial charge in [-0.2, -0.15) is 0 Å². The highest BCUT2D eigenvalue weighted by Crippen LogP contribution is 2.26. The highest BCUT2D eigenvalue weighted by Gasteiger charge is 2.15. The van der Waals surface area contributed by atoms with Crippen LogP contribution in [0.4, 0.5) is 0 Å². The lowest BCUT2D eigenvalue weighted by molar-refractivity contribution is 0.0995. The highest BCUT2D eigenvalue weighted by atomic mass is 16.5. The van der Waals surface area contributed by atoms with Crippen LogP contribution >= 0.6 is 0 Å². The number of aromatic amines is 1. The Morgan fingerprint density at radius 1 is 1.39 bits per heavy atom. The van der Waals surface area contributed by atoms with Crippen molar-refractivity contribution < 1.29 is 9.47 Å². The van der Waals surface area contributed by atoms with E-state index in [-0.39, 0.29) is 0 Å². The van der Waals surface area contributed by atoms with Crippen molar-refractivity contribution in [3.05, 3.63) is 29.5 Å². The van der Waals surface area contributed by atoms with Crippen molar-refractivity contribution >= 4 is 10.9 Å². The predicted octanol–water partition coefficient (Wildman–Crippen LogP) is 3.88. The van der Waals surface area contributed by atoms with Crippen LogP contribution < -0.4 is 4.74 Å². The molecule has 126 valence electrons. The van der Waals surface area contributed by atoms with E-state index in [2.05, 4.69) is 36.0 Å². The van der Waals surface area contributed by atoms with E-state index in [0.29, 0.717) is 6.10 Å². The average Bonchev–Trinajstić information content (AvgIpc) is 3.16. The number of H-pyrrole nitrogens is 1. The predicted molar refractivity (Wildman–Crippen MR) is 94.1 cm³/mol. The first-order chi connectivity index (χ1) is 11.2. The van der Waals surface area contributed by atoms with Crippen molar-refractivity contribution in [1.29, 1.82) is 0 Å². The monoisotopic (exact) mass is 316 g/mol. The molecule has 0 amide bonds. The van der Waals surface area contributed by atoms with Gasteiger partial charge in [-0.1, -0.05) is 0 Å². The summed E-state index contributed by atoms with van der Waals surface area (Å²) in [7, 11) is 3.91. The molecule has 0 radical (unpaired) electrons. The lowest BCUT2D eigenvalue weighted by Gasteiger charge is -2.17. The van der Waals surface area contributed by atoms with Gasteiger partial charge in [0, 0.05) is 29.7 Å². The maximum absolute atomic E-state index is 5.70. The Balaban J connectivity index is 1.58. The Morgan fingerprint density at radius 3 is 3.00 bits per heavy atom. The molecule has 1 N–H and O–H groups in total. The summed E-state index contributed by atoms with van der Waals surface area (Å²) in [5, 5.41) is 1.26. The maximum Gasteiger partial charge on any atom is 0.119 e. The third kappa shape index (κ3) is 3.88. The quantitative estimate of drug-likeness (QED) is 0.842. The van der Waals surface area contributed by atoms with Gasteiger partial charge in [-0.3, -0.25) is 0 Å². The van der Waals surface area contributed by atoms with Crippen molar-refractivity contribution in [2.45, 2.75) is 45.3 Å². The van der Waals surface area contributed by atoms with Crippen LogP contribution in [-0.4, -0.2) is 43.3 Å². The largest absolute Gasteiger partial charge is 0.497 e. The number of hydrogen-bond donors (Lipinski definition) is 1. The fourth-order valence-electron chi connectivity index (χ4n) is 3.46. The number of aromatic nitrogens is 1. The van der Waals surface area contributed by atoms with Crippen LogP contribution in [0.15, 0.2) is 18.2 Å². The minimum atomic E-state index is 0.505. The summed E-state index contributed by atoms with van der Waals surface area (Å²) >= 11 is 0. The zero-order valence-corrected chi connectivity index (χ0v) is 14.5. The van der Waals surface area contributed by atoms with Gasteiger partial charge in [0.1, 0.15) is 5.75 Å². The lowest BCUT2D eigenvalue weighted by atomic mass is 10.1. The molecule has 1 saturated heterocycles. The number of hydrogen-bond acceptors (Lipinski definition) is 3. The van der Waals surface area contributed by atoms with E-state index in [1.165, 1.54) is 47.8 Å². The van der Waals surface area contributed by atoms with Gasteiger partial charge in [0.15, 0.2) is 0 Å². The molecule has 1 fully saturated rings. The van der Waals surface area contributed by atoms with Gasteiger partial charge >= 0.3 is 0 Å². The molecule has 1 aliphatic rings. The molecule has 0 unspecified atom stereocenters. The molecule has 1 atom stereocenters. The van der Waals surface area contributed by atoms with Gasteiger partial charge in [0.2, 0.25) is 0 Å². The summed E-state index contributed by atoms with van der Waals surface area (Å²) in [5.74, 6) is 0.913. The molecule has 2 aromatic rings. The first-order valence-corrected chi connectivity index (χ1v) is 8.62. The number of methoxy groups -OCH3 is 1. The standard InChI is InChI=1S/C19H28N2O2/c1-14-17-12-16(22-3)8-9-18(17)20-19(14)13-21(2)10-4-6-15-7-5-11-23-15/h8-9,12,15,20H,4-7,10-11,13H2,1-3H3/t15-/m1/s1. The number of benzene rings is 1. The van der Waals surface area contributed by atoms with E-state index in [9.17, 15) is 0 Å². The van der Waals surface area contributed by atoms with Gasteiger partial charge in [-0.15, -0.1) is 0 Å². The maximum atomic E-state index is 5.70. The van der Waals surface area contributed by atoms with Crippen LogP contribution in [0, 0.1) is 6.92 Å². The fourth-order valence-corrected chi connectivity index (χ4v) is 3.46. The number of aryl methyl sites for hydroxylation is 1. The van der Waals surface area contributed by atoms with Crippen molar-refractivity contribution in [3.63, 3.8) is 0 Å². The second-order valence-electron chi connectivity index (χ2n) is 6.66. The van der Waals surface area contributed by atoms with E-state index in [1.54, 1.807) is 7.11 Å². The molecule has 2 heterocycles. The molecule has 4 nitrogen and oxygen atoms in total. The van der Waals surface area contributed by atoms with Crippen LogP contribution in [0.5, 0.6) is 5.75 Å². The summed E-state index contributed by atoms with van der Waals surface area (Å²) in [4.78, 5) is 5.95. The van der Waals surface area contributed by atoms with Crippen molar-refractivity contribution in [3.8, 4) is 5.75 Å². The number of fused-ring (bicyclic) bond motifs is 1. The van der Waals surface area contributed by atoms with Gasteiger partial charge in [-0.25, -0.2) is 0 Å². The van der Waals surface area contributed by atoms with E-state index < -0.39 is 0 Å². The smallest absolute Gasteiger partial charge is 0.119 e. The normalized spacial score (nSPS) is 18.2. The molecule has 0 bridgehead atoms. The molecule has 1 aliphatic heterocycles. The third-order valence-corrected chi connectivity index (χ3v) is 4.89. The van der Waals surface area contributed by atoms with Crippen LogP contribution in [-0.2, 0) is 11.3 Å². The Hall–Kier alpha value is -1.52. The highest BCUT2D eigenvalue weighted by molar-refractivity contribution is 5.85. The van der Waals surface area contributed by atoms with E-state index >= 15 is 0 Å². The van der Waals surface area contributed by atoms with Gasteiger partial charge < -0.3 is 19.4 Å². The third-order valence-electron chi connectivity index (χ3n) is 4.89. The van der Waals surface area contributed by atoms with Crippen LogP contribution in [0.1, 0.15) is 36.9 Å². The summed E-state index contributed by atoms with van der Waals surface area (Å²) in [5.41, 5.74) is 3.81. The van der Waals surface area contributed by atoms with Gasteiger partial charge in [-0.05, 0) is 70.0 Å². The molecule has 1 aromatic carbocycles. The molecule has 0 spiro atoms. The van der Waals surface area contributed by atoms with Gasteiger partial charge in [0.25, 0.3) is 0 Å². The lowest BCUT2D eigenvalue weighted by Crippen LogP contribution is -2.21. The zero-order valence-electron chi connectivity index (χ0n) is 14.5. The average molecular weight is 316 g/mol. The molecule has 23 heavy (non-hydrogen) atoms. The van der Waals surface area contributed by atoms with Crippen molar-refractivity contribution in [2.75, 3.05) is 27.3 Å². The van der Waals surface area contributed by atoms with Crippen LogP contribution in [0.3, 0.4) is 0 Å². The zero-order chi connectivity index (χ0) is 16.2. The van der Waals surface area contributed by atoms with Crippen LogP contribution in [0.25, 0.3) is 10.9 Å². The van der Waals surface area contributed by atoms with Crippen molar-refractivity contribution in [1.82, 2.24) is 9.88 Å². The number of rotatable bonds is 7. The topological polar surface area (TPSA) is 37.5 Å². The SMILES string of the molecule is COc1ccc2[nH]c(CN(C)CCC[C@@H]3CCCO3)c(C)c2c1. The van der Waals surface area contributed by atoms with Crippen LogP contribution in [0.2, 0.25) is 0 Å². The second-order valence-corrected chi connectivity index (χ2v) is 6.66. The molecule has 0 saturated carbocycles. The van der Waals surface area contributed by atoms with E-state index in [4.69, 9.17) is 9.47 Å². The first kappa shape index (κ1) is 16.3. The Kier molecular flexibility index (Phi) is 5.23. The van der Waals surface area contributed by atoms with E-state index in [1.807, 2.05) is 6.07 Å². The Labute approximate surface area is 138 Å². The summed E-state index contributed by atoms with van der Waals surface area (Å²) in [6.45, 7) is 5.21. The first-order valence-electron chi connectivity index (χ1n) is 8.62. The molecule has 0 aliphatic carbocycles. The number of nitrogens with zero attached hydrogens (tertiary/aromatic N) is 1. The molecule has 4 heteroatoms. The second kappa shape index (κ2) is 7.37. The summed E-state index contributed by atoms with van der Waals surface area (Å²) in [6.07, 6.45) is 5.37. The molecule has 3 rings (SSSR count). The summed E-state index contributed by atoms with van der Waals surface area (Å²) in [6, 6.07) is 6.22. The van der Waals surface area contributed by atoms with E-state index in [0.717, 1.165) is 25.4 Å². The summed E-state index contributed by atoms with van der Waals surface area (Å²) < 4.78 is 11.0. The minimum Gasteiger partial charge on any atom is -0.497 e. The number of ether oxygens (including phenoxy) is 2. The molecular weight excluding hydrogens is 288 g/mol. The van der Waals surface area contributed by atoms with Gasteiger partial charge in [0.05, 0.1) is 13.2 Å². The van der Waals surface area contributed by atoms with Crippen molar-refractivity contribution in [2.24, 2.45) is 0 Å². The number of nitrogens with one attached hydrogen (secondary N) is 1. The minimum absolute atomic E-state index is 0.505. The molecular formula is C19H28N2O2. The molecule has 1 aromatic heterocycles. The fraction of sp³-hybridized carbons (Fsp3) is 0.579. The Morgan fingerprint density at radius 2 is 2.26 bits per heavy atom.